The van der Waals surface area contributed by atoms with Crippen LogP contribution in [0.5, 0.6) is 0 Å². The molecule has 0 saturated heterocycles. The first-order chi connectivity index (χ1) is 11.9. The molecule has 4 rings (SSSR count). The van der Waals surface area contributed by atoms with Crippen LogP contribution in [0.15, 0.2) is 53.5 Å². The zero-order chi connectivity index (χ0) is 16.2. The summed E-state index contributed by atoms with van der Waals surface area (Å²) in [6.45, 7) is 4.86. The number of benzene rings is 2. The fourth-order valence-corrected chi connectivity index (χ4v) is 3.39. The second-order valence-corrected chi connectivity index (χ2v) is 6.48. The Morgan fingerprint density at radius 1 is 1.04 bits per heavy atom. The zero-order valence-corrected chi connectivity index (χ0v) is 16.7. The molecule has 2 N–H and O–H groups in total. The third-order valence-corrected chi connectivity index (χ3v) is 4.74. The lowest BCUT2D eigenvalue weighted by atomic mass is 10.1. The third kappa shape index (κ3) is 4.45. The van der Waals surface area contributed by atoms with Gasteiger partial charge in [0.2, 0.25) is 0 Å². The molecule has 132 valence electrons. The van der Waals surface area contributed by atoms with E-state index in [1.165, 1.54) is 22.4 Å². The van der Waals surface area contributed by atoms with Gasteiger partial charge in [-0.1, -0.05) is 42.5 Å². The van der Waals surface area contributed by atoms with E-state index in [0.717, 1.165) is 51.5 Å². The minimum atomic E-state index is 0. The number of hydrogen-bond donors (Lipinski definition) is 2. The van der Waals surface area contributed by atoms with Gasteiger partial charge in [-0.2, -0.15) is 0 Å². The number of nitrogens with one attached hydrogen (secondary N) is 2. The van der Waals surface area contributed by atoms with Gasteiger partial charge in [0.25, 0.3) is 0 Å². The van der Waals surface area contributed by atoms with Gasteiger partial charge in [-0.3, -0.25) is 4.99 Å². The third-order valence-electron chi connectivity index (χ3n) is 4.74. The molecule has 4 nitrogen and oxygen atoms in total. The first kappa shape index (κ1) is 18.0. The molecular formula is C20H25IN4. The van der Waals surface area contributed by atoms with Gasteiger partial charge in [-0.25, -0.2) is 0 Å². The second kappa shape index (κ2) is 8.56. The minimum Gasteiger partial charge on any atom is -0.367 e. The number of para-hydroxylation sites is 1. The second-order valence-electron chi connectivity index (χ2n) is 6.48. The van der Waals surface area contributed by atoms with E-state index >= 15 is 0 Å². The molecule has 2 heterocycles. The molecule has 0 radical (unpaired) electrons. The van der Waals surface area contributed by atoms with Crippen LogP contribution in [0, 0.1) is 0 Å². The molecule has 0 amide bonds. The van der Waals surface area contributed by atoms with Crippen LogP contribution in [0.2, 0.25) is 0 Å². The summed E-state index contributed by atoms with van der Waals surface area (Å²) in [5.74, 6) is 0.930. The molecular weight excluding hydrogens is 423 g/mol. The quantitative estimate of drug-likeness (QED) is 0.706. The standard InChI is InChI=1S/C20H24N4.HI/c1-2-5-19-18(4-1)10-13-24(19)15-17-8-6-16(7-9-17)14-23-20-21-11-3-12-22-20;/h1-2,4-9H,3,10-15H2,(H2,21,22,23);1H. The van der Waals surface area contributed by atoms with Gasteiger partial charge in [0.15, 0.2) is 5.96 Å². The molecule has 0 atom stereocenters. The summed E-state index contributed by atoms with van der Waals surface area (Å²) in [7, 11) is 0. The van der Waals surface area contributed by atoms with Gasteiger partial charge in [-0.05, 0) is 35.6 Å². The summed E-state index contributed by atoms with van der Waals surface area (Å²) in [6.07, 6.45) is 2.28. The van der Waals surface area contributed by atoms with Crippen molar-refractivity contribution in [3.8, 4) is 0 Å². The summed E-state index contributed by atoms with van der Waals surface area (Å²) in [5, 5.41) is 6.66. The van der Waals surface area contributed by atoms with Crippen molar-refractivity contribution < 1.29 is 0 Å². The van der Waals surface area contributed by atoms with Crippen LogP contribution in [0.25, 0.3) is 0 Å². The molecule has 2 aliphatic rings. The van der Waals surface area contributed by atoms with Crippen LogP contribution < -0.4 is 15.5 Å². The van der Waals surface area contributed by atoms with Crippen molar-refractivity contribution in [3.05, 3.63) is 65.2 Å². The van der Waals surface area contributed by atoms with E-state index in [2.05, 4.69) is 69.1 Å². The van der Waals surface area contributed by atoms with Crippen molar-refractivity contribution >= 4 is 35.6 Å². The van der Waals surface area contributed by atoms with Gasteiger partial charge in [0, 0.05) is 38.4 Å². The summed E-state index contributed by atoms with van der Waals surface area (Å²) in [4.78, 5) is 6.92. The predicted molar refractivity (Wildman–Crippen MR) is 115 cm³/mol. The smallest absolute Gasteiger partial charge is 0.191 e. The van der Waals surface area contributed by atoms with Crippen molar-refractivity contribution in [1.82, 2.24) is 10.6 Å². The number of anilines is 1. The summed E-state index contributed by atoms with van der Waals surface area (Å²) in [6, 6.07) is 17.7. The maximum atomic E-state index is 4.44. The first-order valence-electron chi connectivity index (χ1n) is 8.81. The molecule has 5 heteroatoms. The zero-order valence-electron chi connectivity index (χ0n) is 14.4. The van der Waals surface area contributed by atoms with Gasteiger partial charge < -0.3 is 15.5 Å². The molecule has 0 saturated carbocycles. The van der Waals surface area contributed by atoms with E-state index in [1.807, 2.05) is 0 Å². The van der Waals surface area contributed by atoms with Gasteiger partial charge in [0.05, 0.1) is 0 Å². The molecule has 0 bridgehead atoms. The number of nitrogens with zero attached hydrogens (tertiary/aromatic N) is 2. The Bertz CT molecular complexity index is 727. The Morgan fingerprint density at radius 2 is 1.84 bits per heavy atom. The highest BCUT2D eigenvalue weighted by atomic mass is 127. The van der Waals surface area contributed by atoms with Crippen LogP contribution in [0.1, 0.15) is 23.1 Å². The average molecular weight is 448 g/mol. The van der Waals surface area contributed by atoms with Crippen molar-refractivity contribution in [2.45, 2.75) is 25.9 Å². The van der Waals surface area contributed by atoms with Crippen LogP contribution in [-0.2, 0) is 19.5 Å². The number of aliphatic imine (C=N–C) groups is 1. The van der Waals surface area contributed by atoms with Gasteiger partial charge in [0.1, 0.15) is 0 Å². The lowest BCUT2D eigenvalue weighted by molar-refractivity contribution is 0.702. The number of rotatable bonds is 4. The lowest BCUT2D eigenvalue weighted by Crippen LogP contribution is -2.40. The Balaban J connectivity index is 0.00000182. The van der Waals surface area contributed by atoms with E-state index in [9.17, 15) is 0 Å². The average Bonchev–Trinajstić information content (AvgIpc) is 3.05. The van der Waals surface area contributed by atoms with Crippen molar-refractivity contribution in [3.63, 3.8) is 0 Å². The van der Waals surface area contributed by atoms with Crippen molar-refractivity contribution in [2.24, 2.45) is 4.99 Å². The molecule has 0 aliphatic carbocycles. The Hall–Kier alpha value is -1.76. The largest absolute Gasteiger partial charge is 0.367 e. The fraction of sp³-hybridized carbons (Fsp3) is 0.350. The molecule has 2 aliphatic heterocycles. The molecule has 25 heavy (non-hydrogen) atoms. The minimum absolute atomic E-state index is 0. The lowest BCUT2D eigenvalue weighted by Gasteiger charge is -2.20. The highest BCUT2D eigenvalue weighted by Gasteiger charge is 2.18. The van der Waals surface area contributed by atoms with Crippen LogP contribution in [0.3, 0.4) is 0 Å². The SMILES string of the molecule is I.c1ccc2c(c1)CCN2Cc1ccc(CNC2=NCCCN2)cc1. The topological polar surface area (TPSA) is 39.7 Å². The fourth-order valence-electron chi connectivity index (χ4n) is 3.39. The number of halogens is 1. The summed E-state index contributed by atoms with van der Waals surface area (Å²) >= 11 is 0. The highest BCUT2D eigenvalue weighted by molar-refractivity contribution is 14.0. The Kier molecular flexibility index (Phi) is 6.18. The van der Waals surface area contributed by atoms with E-state index in [1.54, 1.807) is 0 Å². The first-order valence-corrected chi connectivity index (χ1v) is 8.81. The Morgan fingerprint density at radius 3 is 2.64 bits per heavy atom. The molecule has 0 aromatic heterocycles. The van der Waals surface area contributed by atoms with Crippen molar-refractivity contribution in [1.29, 1.82) is 0 Å². The van der Waals surface area contributed by atoms with Crippen molar-refractivity contribution in [2.75, 3.05) is 24.5 Å². The van der Waals surface area contributed by atoms with Gasteiger partial charge in [-0.15, -0.1) is 24.0 Å². The molecule has 2 aromatic carbocycles. The normalized spacial score (nSPS) is 15.7. The maximum absolute atomic E-state index is 4.44. The van der Waals surface area contributed by atoms with Crippen LogP contribution in [0.4, 0.5) is 5.69 Å². The number of guanidine groups is 1. The number of fused-ring (bicyclic) bond motifs is 1. The van der Waals surface area contributed by atoms with E-state index in [0.29, 0.717) is 0 Å². The maximum Gasteiger partial charge on any atom is 0.191 e. The van der Waals surface area contributed by atoms with E-state index in [-0.39, 0.29) is 24.0 Å². The molecule has 0 unspecified atom stereocenters. The summed E-state index contributed by atoms with van der Waals surface area (Å²) < 4.78 is 0. The predicted octanol–water partition coefficient (Wildman–Crippen LogP) is 3.31. The monoisotopic (exact) mass is 448 g/mol. The van der Waals surface area contributed by atoms with Gasteiger partial charge >= 0.3 is 0 Å². The van der Waals surface area contributed by atoms with Crippen LogP contribution in [-0.4, -0.2) is 25.6 Å². The van der Waals surface area contributed by atoms with E-state index < -0.39 is 0 Å². The molecule has 0 spiro atoms. The summed E-state index contributed by atoms with van der Waals surface area (Å²) in [5.41, 5.74) is 5.52. The van der Waals surface area contributed by atoms with Crippen LogP contribution >= 0.6 is 24.0 Å². The van der Waals surface area contributed by atoms with E-state index in [4.69, 9.17) is 0 Å². The highest BCUT2D eigenvalue weighted by Crippen LogP contribution is 2.28. The Labute approximate surface area is 166 Å². The molecule has 0 fully saturated rings. The molecule has 2 aromatic rings. The number of hydrogen-bond acceptors (Lipinski definition) is 4.